The number of anilines is 1. The molecule has 0 fully saturated rings. The second-order valence-corrected chi connectivity index (χ2v) is 9.94. The van der Waals surface area contributed by atoms with Crippen molar-refractivity contribution in [3.05, 3.63) is 71.6 Å². The quantitative estimate of drug-likeness (QED) is 0.258. The summed E-state index contributed by atoms with van der Waals surface area (Å²) in [5, 5.41) is 1.40. The highest BCUT2D eigenvalue weighted by Gasteiger charge is 2.21. The van der Waals surface area contributed by atoms with Gasteiger partial charge in [-0.2, -0.15) is 0 Å². The van der Waals surface area contributed by atoms with E-state index in [2.05, 4.69) is 12.1 Å². The van der Waals surface area contributed by atoms with Crippen molar-refractivity contribution in [3.63, 3.8) is 0 Å². The number of amides is 1. The molecule has 0 radical (unpaired) electrons. The van der Waals surface area contributed by atoms with E-state index in [1.165, 1.54) is 16.2 Å². The van der Waals surface area contributed by atoms with Gasteiger partial charge in [0.2, 0.25) is 5.91 Å². The number of hydrogen-bond acceptors (Lipinski definition) is 6. The average molecular weight is 475 g/mol. The molecular weight excluding hydrogens is 456 g/mol. The summed E-state index contributed by atoms with van der Waals surface area (Å²) in [7, 11) is 0. The molecule has 2 aromatic heterocycles. The molecule has 2 aromatic carbocycles. The van der Waals surface area contributed by atoms with Gasteiger partial charge < -0.3 is 4.42 Å². The molecule has 0 spiro atoms. The van der Waals surface area contributed by atoms with Crippen LogP contribution in [0.15, 0.2) is 75.1 Å². The minimum Gasteiger partial charge on any atom is -0.467 e. The van der Waals surface area contributed by atoms with Crippen LogP contribution < -0.4 is 4.90 Å². The molecule has 8 heteroatoms. The van der Waals surface area contributed by atoms with Crippen molar-refractivity contribution in [2.45, 2.75) is 22.8 Å². The summed E-state index contributed by atoms with van der Waals surface area (Å²) in [4.78, 5) is 21.8. The van der Waals surface area contributed by atoms with E-state index >= 15 is 0 Å². The molecule has 0 aliphatic carbocycles. The molecule has 0 saturated carbocycles. The van der Waals surface area contributed by atoms with Gasteiger partial charge in [-0.25, -0.2) is 4.98 Å². The number of aromatic nitrogens is 1. The fourth-order valence-electron chi connectivity index (χ4n) is 2.88. The van der Waals surface area contributed by atoms with Crippen molar-refractivity contribution in [1.82, 2.24) is 4.98 Å². The number of halogens is 1. The Bertz CT molecular complexity index is 1130. The number of hydrogen-bond donors (Lipinski definition) is 0. The van der Waals surface area contributed by atoms with Crippen LogP contribution in [0.25, 0.3) is 10.2 Å². The number of furan rings is 1. The van der Waals surface area contributed by atoms with E-state index in [0.29, 0.717) is 28.9 Å². The van der Waals surface area contributed by atoms with Crippen molar-refractivity contribution in [3.8, 4) is 0 Å². The normalized spacial score (nSPS) is 11.1. The minimum atomic E-state index is 0.0250. The van der Waals surface area contributed by atoms with Crippen molar-refractivity contribution < 1.29 is 9.21 Å². The Morgan fingerprint density at radius 2 is 1.97 bits per heavy atom. The predicted octanol–water partition coefficient (Wildman–Crippen LogP) is 6.98. The first-order valence-electron chi connectivity index (χ1n) is 9.28. The van der Waals surface area contributed by atoms with Gasteiger partial charge in [-0.1, -0.05) is 22.9 Å². The maximum Gasteiger partial charge on any atom is 0.230 e. The van der Waals surface area contributed by atoms with E-state index in [1.54, 1.807) is 34.7 Å². The van der Waals surface area contributed by atoms with Gasteiger partial charge in [0.25, 0.3) is 0 Å². The van der Waals surface area contributed by atoms with Gasteiger partial charge in [-0.15, -0.1) is 23.5 Å². The van der Waals surface area contributed by atoms with Gasteiger partial charge in [0.1, 0.15) is 5.76 Å². The second kappa shape index (κ2) is 9.92. The first kappa shape index (κ1) is 21.3. The van der Waals surface area contributed by atoms with E-state index in [0.717, 1.165) is 20.9 Å². The average Bonchev–Trinajstić information content (AvgIpc) is 3.42. The summed E-state index contributed by atoms with van der Waals surface area (Å²) in [6.45, 7) is 0.368. The highest BCUT2D eigenvalue weighted by molar-refractivity contribution is 7.99. The van der Waals surface area contributed by atoms with Crippen molar-refractivity contribution in [2.24, 2.45) is 0 Å². The minimum absolute atomic E-state index is 0.0250. The lowest BCUT2D eigenvalue weighted by Crippen LogP contribution is -2.30. The van der Waals surface area contributed by atoms with E-state index in [9.17, 15) is 4.79 Å². The van der Waals surface area contributed by atoms with E-state index < -0.39 is 0 Å². The van der Waals surface area contributed by atoms with Gasteiger partial charge in [0, 0.05) is 27.0 Å². The Labute approximate surface area is 192 Å². The Morgan fingerprint density at radius 1 is 1.17 bits per heavy atom. The zero-order valence-corrected chi connectivity index (χ0v) is 19.4. The molecule has 4 nitrogen and oxygen atoms in total. The van der Waals surface area contributed by atoms with Gasteiger partial charge in [-0.3, -0.25) is 9.69 Å². The van der Waals surface area contributed by atoms with Gasteiger partial charge in [-0.05, 0) is 60.9 Å². The summed E-state index contributed by atoms with van der Waals surface area (Å²) >= 11 is 10.8. The summed E-state index contributed by atoms with van der Waals surface area (Å²) in [6, 6.07) is 17.5. The summed E-state index contributed by atoms with van der Waals surface area (Å²) < 4.78 is 6.57. The molecular formula is C22H19ClN2O2S3. The topological polar surface area (TPSA) is 46.3 Å². The Hall–Kier alpha value is -1.93. The number of thioether (sulfide) groups is 2. The van der Waals surface area contributed by atoms with Crippen molar-refractivity contribution in [1.29, 1.82) is 0 Å². The molecule has 0 bridgehead atoms. The molecule has 0 N–H and O–H groups in total. The molecule has 154 valence electrons. The van der Waals surface area contributed by atoms with Gasteiger partial charge in [0.05, 0.1) is 23.0 Å². The molecule has 0 saturated heterocycles. The third-order valence-corrected chi connectivity index (χ3v) is 7.44. The summed E-state index contributed by atoms with van der Waals surface area (Å²) in [6.07, 6.45) is 4.08. The highest BCUT2D eigenvalue weighted by atomic mass is 35.5. The summed E-state index contributed by atoms with van der Waals surface area (Å²) in [5.74, 6) is 1.44. The number of benzene rings is 2. The molecule has 0 aliphatic heterocycles. The molecule has 4 rings (SSSR count). The number of thiazole rings is 1. The van der Waals surface area contributed by atoms with Crippen LogP contribution in [0.5, 0.6) is 0 Å². The van der Waals surface area contributed by atoms with Crippen LogP contribution in [0.1, 0.15) is 12.2 Å². The summed E-state index contributed by atoms with van der Waals surface area (Å²) in [5.41, 5.74) is 0.903. The molecule has 2 heterocycles. The first-order chi connectivity index (χ1) is 14.6. The monoisotopic (exact) mass is 474 g/mol. The third kappa shape index (κ3) is 5.21. The standard InChI is InChI=1S/C22H19ClN2O2S3/c1-28-18-8-9-19-20(13-18)30-22(24-19)25(14-16-3-2-11-27-16)21(26)10-12-29-17-6-4-15(23)5-7-17/h2-9,11,13H,10,12,14H2,1H3. The molecule has 0 atom stereocenters. The predicted molar refractivity (Wildman–Crippen MR) is 128 cm³/mol. The van der Waals surface area contributed by atoms with Crippen LogP contribution in [0, 0.1) is 0 Å². The zero-order chi connectivity index (χ0) is 20.9. The first-order valence-corrected chi connectivity index (χ1v) is 12.7. The molecule has 4 aromatic rings. The fraction of sp³-hybridized carbons (Fsp3) is 0.182. The van der Waals surface area contributed by atoms with Crippen LogP contribution >= 0.6 is 46.5 Å². The van der Waals surface area contributed by atoms with Crippen molar-refractivity contribution in [2.75, 3.05) is 16.9 Å². The number of fused-ring (bicyclic) bond motifs is 1. The van der Waals surface area contributed by atoms with E-state index in [1.807, 2.05) is 48.7 Å². The van der Waals surface area contributed by atoms with Crippen molar-refractivity contribution >= 4 is 67.7 Å². The second-order valence-electron chi connectivity index (χ2n) is 6.44. The fourth-order valence-corrected chi connectivity index (χ4v) is 5.38. The number of carbonyl (C=O) groups is 1. The largest absolute Gasteiger partial charge is 0.467 e. The lowest BCUT2D eigenvalue weighted by Gasteiger charge is -2.18. The van der Waals surface area contributed by atoms with E-state index in [4.69, 9.17) is 21.0 Å². The smallest absolute Gasteiger partial charge is 0.230 e. The number of nitrogens with zero attached hydrogens (tertiary/aromatic N) is 2. The molecule has 1 amide bonds. The zero-order valence-electron chi connectivity index (χ0n) is 16.2. The maximum atomic E-state index is 13.1. The van der Waals surface area contributed by atoms with Crippen LogP contribution in [0.2, 0.25) is 5.02 Å². The van der Waals surface area contributed by atoms with E-state index in [-0.39, 0.29) is 5.91 Å². The van der Waals surface area contributed by atoms with Crippen LogP contribution in [0.3, 0.4) is 0 Å². The van der Waals surface area contributed by atoms with Crippen LogP contribution in [-0.2, 0) is 11.3 Å². The van der Waals surface area contributed by atoms with Gasteiger partial charge in [0.15, 0.2) is 5.13 Å². The molecule has 30 heavy (non-hydrogen) atoms. The van der Waals surface area contributed by atoms with Gasteiger partial charge >= 0.3 is 0 Å². The number of carbonyl (C=O) groups excluding carboxylic acids is 1. The maximum absolute atomic E-state index is 13.1. The Kier molecular flexibility index (Phi) is 7.04. The highest BCUT2D eigenvalue weighted by Crippen LogP contribution is 2.33. The molecule has 0 aliphatic rings. The SMILES string of the molecule is CSc1ccc2nc(N(Cc3ccco3)C(=O)CCSc3ccc(Cl)cc3)sc2c1. The lowest BCUT2D eigenvalue weighted by atomic mass is 10.3. The van der Waals surface area contributed by atoms with Crippen LogP contribution in [-0.4, -0.2) is 22.9 Å². The number of rotatable bonds is 8. The molecule has 0 unspecified atom stereocenters. The lowest BCUT2D eigenvalue weighted by molar-refractivity contribution is -0.118. The third-order valence-electron chi connectivity index (χ3n) is 4.41. The Morgan fingerprint density at radius 3 is 2.70 bits per heavy atom. The van der Waals surface area contributed by atoms with Crippen LogP contribution in [0.4, 0.5) is 5.13 Å². The Balaban J connectivity index is 1.51.